The molecule has 0 aliphatic carbocycles. The van der Waals surface area contributed by atoms with Gasteiger partial charge in [0.25, 0.3) is 0 Å². The minimum absolute atomic E-state index is 0.439. The monoisotopic (exact) mass is 317 g/mol. The minimum Gasteiger partial charge on any atom is -0.346 e. The average Bonchev–Trinajstić information content (AvgIpc) is 3.27. The van der Waals surface area contributed by atoms with E-state index in [0.717, 1.165) is 24.4 Å². The molecule has 24 heavy (non-hydrogen) atoms. The first-order valence-electron chi connectivity index (χ1n) is 8.51. The van der Waals surface area contributed by atoms with Crippen molar-refractivity contribution in [3.63, 3.8) is 0 Å². The number of nitrogens with zero attached hydrogens (tertiary/aromatic N) is 3. The first-order valence-corrected chi connectivity index (χ1v) is 8.51. The second-order valence-corrected chi connectivity index (χ2v) is 6.42. The van der Waals surface area contributed by atoms with Crippen molar-refractivity contribution < 1.29 is 0 Å². The SMILES string of the molecule is c1ccc(-c2cc3cnc4[nH]ccc4c3n2C2CCCNC2)nc1. The van der Waals surface area contributed by atoms with E-state index in [4.69, 9.17) is 0 Å². The molecule has 1 atom stereocenters. The molecule has 5 heteroatoms. The van der Waals surface area contributed by atoms with Crippen molar-refractivity contribution in [2.24, 2.45) is 0 Å². The van der Waals surface area contributed by atoms with Crippen LogP contribution in [-0.4, -0.2) is 32.6 Å². The second kappa shape index (κ2) is 5.46. The highest BCUT2D eigenvalue weighted by atomic mass is 15.1. The summed E-state index contributed by atoms with van der Waals surface area (Å²) in [4.78, 5) is 12.4. The number of fused-ring (bicyclic) bond motifs is 3. The molecule has 0 bridgehead atoms. The van der Waals surface area contributed by atoms with E-state index in [0.29, 0.717) is 6.04 Å². The van der Waals surface area contributed by atoms with E-state index in [-0.39, 0.29) is 0 Å². The summed E-state index contributed by atoms with van der Waals surface area (Å²) in [5.41, 5.74) is 4.39. The van der Waals surface area contributed by atoms with Gasteiger partial charge in [-0.1, -0.05) is 6.07 Å². The van der Waals surface area contributed by atoms with E-state index in [1.54, 1.807) is 0 Å². The van der Waals surface area contributed by atoms with Gasteiger partial charge in [0.1, 0.15) is 5.65 Å². The zero-order chi connectivity index (χ0) is 15.9. The van der Waals surface area contributed by atoms with Crippen LogP contribution >= 0.6 is 0 Å². The number of aromatic amines is 1. The van der Waals surface area contributed by atoms with Crippen LogP contribution in [0.4, 0.5) is 0 Å². The van der Waals surface area contributed by atoms with Gasteiger partial charge in [-0.15, -0.1) is 0 Å². The maximum absolute atomic E-state index is 4.60. The van der Waals surface area contributed by atoms with Crippen molar-refractivity contribution >= 4 is 21.9 Å². The van der Waals surface area contributed by atoms with Gasteiger partial charge in [0.05, 0.1) is 16.9 Å². The fourth-order valence-electron chi connectivity index (χ4n) is 3.87. The molecule has 4 aromatic heterocycles. The Bertz CT molecular complexity index is 993. The third kappa shape index (κ3) is 2.05. The van der Waals surface area contributed by atoms with Crippen LogP contribution in [0.25, 0.3) is 33.3 Å². The number of aromatic nitrogens is 4. The topological polar surface area (TPSA) is 58.5 Å². The molecule has 5 rings (SSSR count). The van der Waals surface area contributed by atoms with Gasteiger partial charge in [-0.3, -0.25) is 4.98 Å². The third-order valence-corrected chi connectivity index (χ3v) is 4.94. The Hall–Kier alpha value is -2.66. The molecule has 120 valence electrons. The fourth-order valence-corrected chi connectivity index (χ4v) is 3.87. The van der Waals surface area contributed by atoms with Crippen molar-refractivity contribution in [3.05, 3.63) is 48.9 Å². The van der Waals surface area contributed by atoms with Crippen molar-refractivity contribution in [2.45, 2.75) is 18.9 Å². The Balaban J connectivity index is 1.84. The van der Waals surface area contributed by atoms with Gasteiger partial charge in [-0.2, -0.15) is 0 Å². The second-order valence-electron chi connectivity index (χ2n) is 6.42. The molecule has 1 saturated heterocycles. The van der Waals surface area contributed by atoms with E-state index in [9.17, 15) is 0 Å². The number of piperidine rings is 1. The van der Waals surface area contributed by atoms with Gasteiger partial charge in [0.2, 0.25) is 0 Å². The summed E-state index contributed by atoms with van der Waals surface area (Å²) in [5, 5.41) is 5.90. The van der Waals surface area contributed by atoms with Crippen LogP contribution in [0.15, 0.2) is 48.9 Å². The molecule has 4 aromatic rings. The first-order chi connectivity index (χ1) is 11.9. The molecule has 2 N–H and O–H groups in total. The largest absolute Gasteiger partial charge is 0.346 e. The van der Waals surface area contributed by atoms with Gasteiger partial charge < -0.3 is 14.9 Å². The Labute approximate surface area is 139 Å². The lowest BCUT2D eigenvalue weighted by Gasteiger charge is -2.27. The van der Waals surface area contributed by atoms with E-state index in [2.05, 4.69) is 43.0 Å². The quantitative estimate of drug-likeness (QED) is 0.595. The summed E-state index contributed by atoms with van der Waals surface area (Å²) in [6.45, 7) is 2.10. The molecular weight excluding hydrogens is 298 g/mol. The number of rotatable bonds is 2. The number of pyridine rings is 2. The molecule has 0 aromatic carbocycles. The highest BCUT2D eigenvalue weighted by Gasteiger charge is 2.23. The molecule has 1 fully saturated rings. The van der Waals surface area contributed by atoms with Gasteiger partial charge >= 0.3 is 0 Å². The molecule has 0 amide bonds. The Morgan fingerprint density at radius 1 is 1.17 bits per heavy atom. The Kier molecular flexibility index (Phi) is 3.13. The zero-order valence-corrected chi connectivity index (χ0v) is 13.4. The lowest BCUT2D eigenvalue weighted by atomic mass is 10.1. The van der Waals surface area contributed by atoms with Crippen molar-refractivity contribution in [3.8, 4) is 11.4 Å². The predicted molar refractivity (Wildman–Crippen MR) is 96.0 cm³/mol. The normalized spacial score (nSPS) is 18.4. The summed E-state index contributed by atoms with van der Waals surface area (Å²) in [6.07, 6.45) is 8.18. The maximum atomic E-state index is 4.60. The van der Waals surface area contributed by atoms with Gasteiger partial charge in [0, 0.05) is 41.9 Å². The molecule has 5 nitrogen and oxygen atoms in total. The van der Waals surface area contributed by atoms with E-state index < -0.39 is 0 Å². The zero-order valence-electron chi connectivity index (χ0n) is 13.4. The number of H-pyrrole nitrogens is 1. The van der Waals surface area contributed by atoms with Crippen LogP contribution < -0.4 is 5.32 Å². The Morgan fingerprint density at radius 3 is 3.00 bits per heavy atom. The highest BCUT2D eigenvalue weighted by Crippen LogP contribution is 2.35. The molecule has 1 aliphatic heterocycles. The number of nitrogens with one attached hydrogen (secondary N) is 2. The summed E-state index contributed by atoms with van der Waals surface area (Å²) in [7, 11) is 0. The van der Waals surface area contributed by atoms with Gasteiger partial charge in [-0.05, 0) is 43.7 Å². The number of hydrogen-bond donors (Lipinski definition) is 2. The average molecular weight is 317 g/mol. The summed E-state index contributed by atoms with van der Waals surface area (Å²) in [5.74, 6) is 0. The van der Waals surface area contributed by atoms with Crippen LogP contribution in [0.5, 0.6) is 0 Å². The predicted octanol–water partition coefficient (Wildman–Crippen LogP) is 3.50. The van der Waals surface area contributed by atoms with Crippen molar-refractivity contribution in [1.29, 1.82) is 0 Å². The third-order valence-electron chi connectivity index (χ3n) is 4.94. The lowest BCUT2D eigenvalue weighted by molar-refractivity contribution is 0.382. The fraction of sp³-hybridized carbons (Fsp3) is 0.263. The van der Waals surface area contributed by atoms with Crippen molar-refractivity contribution in [1.82, 2.24) is 24.8 Å². The minimum atomic E-state index is 0.439. The molecule has 5 heterocycles. The van der Waals surface area contributed by atoms with Crippen LogP contribution in [-0.2, 0) is 0 Å². The molecule has 1 unspecified atom stereocenters. The molecule has 1 aliphatic rings. The number of hydrogen-bond acceptors (Lipinski definition) is 3. The van der Waals surface area contributed by atoms with E-state index in [1.165, 1.54) is 34.8 Å². The molecule has 0 spiro atoms. The van der Waals surface area contributed by atoms with Gasteiger partial charge in [-0.25, -0.2) is 4.98 Å². The molecule has 0 radical (unpaired) electrons. The van der Waals surface area contributed by atoms with Gasteiger partial charge in [0.15, 0.2) is 0 Å². The standard InChI is InChI=1S/C19H19N5/c1-2-8-21-16(5-1)17-10-13-11-23-19-15(6-9-22-19)18(13)24(17)14-4-3-7-20-12-14/h1-2,5-6,8-11,14,20H,3-4,7,12H2,(H,22,23). The summed E-state index contributed by atoms with van der Waals surface area (Å²) >= 11 is 0. The van der Waals surface area contributed by atoms with E-state index >= 15 is 0 Å². The van der Waals surface area contributed by atoms with E-state index in [1.807, 2.05) is 30.7 Å². The molecule has 0 saturated carbocycles. The highest BCUT2D eigenvalue weighted by molar-refractivity contribution is 6.04. The summed E-state index contributed by atoms with van der Waals surface area (Å²) < 4.78 is 2.47. The maximum Gasteiger partial charge on any atom is 0.139 e. The van der Waals surface area contributed by atoms with Crippen LogP contribution in [0.3, 0.4) is 0 Å². The molecular formula is C19H19N5. The summed E-state index contributed by atoms with van der Waals surface area (Å²) in [6, 6.07) is 10.9. The lowest BCUT2D eigenvalue weighted by Crippen LogP contribution is -2.31. The smallest absolute Gasteiger partial charge is 0.139 e. The van der Waals surface area contributed by atoms with Crippen LogP contribution in [0.1, 0.15) is 18.9 Å². The van der Waals surface area contributed by atoms with Crippen molar-refractivity contribution in [2.75, 3.05) is 13.1 Å². The Morgan fingerprint density at radius 2 is 2.17 bits per heavy atom. The van der Waals surface area contributed by atoms with Crippen LogP contribution in [0, 0.1) is 0 Å². The van der Waals surface area contributed by atoms with Crippen LogP contribution in [0.2, 0.25) is 0 Å². The first kappa shape index (κ1) is 13.7.